The van der Waals surface area contributed by atoms with Gasteiger partial charge < -0.3 is 9.47 Å². The molecular weight excluding hydrogens is 372 g/mol. The van der Waals surface area contributed by atoms with Gasteiger partial charge in [-0.3, -0.25) is 9.48 Å². The van der Waals surface area contributed by atoms with E-state index < -0.39 is 0 Å². The Kier molecular flexibility index (Phi) is 4.72. The highest BCUT2D eigenvalue weighted by atomic mass is 32.1. The van der Waals surface area contributed by atoms with E-state index in [0.29, 0.717) is 18.7 Å². The van der Waals surface area contributed by atoms with Gasteiger partial charge in [0, 0.05) is 43.3 Å². The molecule has 0 aliphatic rings. The summed E-state index contributed by atoms with van der Waals surface area (Å²) in [5.41, 5.74) is 6.45. The normalized spacial score (nSPS) is 11.3. The van der Waals surface area contributed by atoms with E-state index in [1.54, 1.807) is 11.7 Å². The number of hydrogen-bond donors (Lipinski definition) is 0. The number of carbonyl (C=O) groups is 1. The van der Waals surface area contributed by atoms with Crippen LogP contribution in [0.1, 0.15) is 33.1 Å². The van der Waals surface area contributed by atoms with Crippen molar-refractivity contribution in [1.82, 2.24) is 29.2 Å². The molecule has 7 nitrogen and oxygen atoms in total. The van der Waals surface area contributed by atoms with Gasteiger partial charge >= 0.3 is 0 Å². The Morgan fingerprint density at radius 2 is 2.00 bits per heavy atom. The van der Waals surface area contributed by atoms with E-state index in [1.165, 1.54) is 11.3 Å². The van der Waals surface area contributed by atoms with Gasteiger partial charge in [-0.15, -0.1) is 11.3 Å². The van der Waals surface area contributed by atoms with Gasteiger partial charge in [-0.2, -0.15) is 5.10 Å². The van der Waals surface area contributed by atoms with Crippen LogP contribution in [0.5, 0.6) is 0 Å². The molecule has 0 unspecified atom stereocenters. The fraction of sp³-hybridized carbons (Fsp3) is 0.300. The molecule has 1 amide bonds. The molecule has 3 aromatic heterocycles. The van der Waals surface area contributed by atoms with Crippen LogP contribution in [0.25, 0.3) is 10.2 Å². The third-order valence-corrected chi connectivity index (χ3v) is 5.92. The minimum atomic E-state index is -0.0269. The van der Waals surface area contributed by atoms with Crippen molar-refractivity contribution >= 4 is 27.5 Å². The molecule has 28 heavy (non-hydrogen) atoms. The molecule has 8 heteroatoms. The molecule has 4 aromatic rings. The first-order chi connectivity index (χ1) is 13.4. The standard InChI is InChI=1S/C20H22N6OS/c1-13-16(14(2)25(4)23-13)10-26(11-19-21-7-8-24(19)3)20(27)15-5-6-17-18(9-15)28-12-22-17/h5-9,12H,10-11H2,1-4H3. The lowest BCUT2D eigenvalue weighted by atomic mass is 10.1. The molecular formula is C20H22N6OS. The summed E-state index contributed by atoms with van der Waals surface area (Å²) < 4.78 is 4.81. The van der Waals surface area contributed by atoms with Crippen LogP contribution in [0.2, 0.25) is 0 Å². The SMILES string of the molecule is Cc1nn(C)c(C)c1CN(Cc1nccn1C)C(=O)c1ccc2ncsc2c1. The maximum atomic E-state index is 13.4. The van der Waals surface area contributed by atoms with Crippen molar-refractivity contribution in [3.63, 3.8) is 0 Å². The van der Waals surface area contributed by atoms with Crippen LogP contribution >= 0.6 is 11.3 Å². The Bertz CT molecular complexity index is 1150. The maximum Gasteiger partial charge on any atom is 0.254 e. The minimum Gasteiger partial charge on any atom is -0.337 e. The van der Waals surface area contributed by atoms with Gasteiger partial charge in [0.25, 0.3) is 5.91 Å². The first-order valence-corrected chi connectivity index (χ1v) is 9.90. The van der Waals surface area contributed by atoms with Gasteiger partial charge in [0.2, 0.25) is 0 Å². The van der Waals surface area contributed by atoms with Gasteiger partial charge in [-0.05, 0) is 32.0 Å². The second-order valence-electron chi connectivity index (χ2n) is 6.92. The molecule has 0 aliphatic heterocycles. The number of benzene rings is 1. The number of hydrogen-bond acceptors (Lipinski definition) is 5. The zero-order valence-electron chi connectivity index (χ0n) is 16.4. The Morgan fingerprint density at radius 3 is 2.68 bits per heavy atom. The summed E-state index contributed by atoms with van der Waals surface area (Å²) >= 11 is 1.54. The molecule has 0 bridgehead atoms. The van der Waals surface area contributed by atoms with Gasteiger partial charge in [0.15, 0.2) is 0 Å². The molecule has 4 rings (SSSR count). The van der Waals surface area contributed by atoms with E-state index in [4.69, 9.17) is 0 Å². The lowest BCUT2D eigenvalue weighted by Crippen LogP contribution is -2.31. The smallest absolute Gasteiger partial charge is 0.254 e. The summed E-state index contributed by atoms with van der Waals surface area (Å²) in [6.45, 7) is 4.92. The zero-order valence-corrected chi connectivity index (χ0v) is 17.2. The Hall–Kier alpha value is -3.00. The van der Waals surface area contributed by atoms with Crippen molar-refractivity contribution in [3.8, 4) is 0 Å². The van der Waals surface area contributed by atoms with Gasteiger partial charge in [0.1, 0.15) is 5.82 Å². The third kappa shape index (κ3) is 3.31. The molecule has 0 saturated carbocycles. The average molecular weight is 395 g/mol. The molecule has 0 radical (unpaired) electrons. The highest BCUT2D eigenvalue weighted by molar-refractivity contribution is 7.16. The van der Waals surface area contributed by atoms with Gasteiger partial charge in [-0.25, -0.2) is 9.97 Å². The first-order valence-electron chi connectivity index (χ1n) is 9.02. The minimum absolute atomic E-state index is 0.0269. The van der Waals surface area contributed by atoms with Crippen LogP contribution in [-0.4, -0.2) is 35.1 Å². The predicted molar refractivity (Wildman–Crippen MR) is 109 cm³/mol. The number of aromatic nitrogens is 5. The van der Waals surface area contributed by atoms with Crippen molar-refractivity contribution in [3.05, 3.63) is 64.4 Å². The van der Waals surface area contributed by atoms with E-state index in [0.717, 1.165) is 33.0 Å². The lowest BCUT2D eigenvalue weighted by molar-refractivity contribution is 0.0724. The number of amides is 1. The fourth-order valence-electron chi connectivity index (χ4n) is 3.33. The maximum absolute atomic E-state index is 13.4. The van der Waals surface area contributed by atoms with Crippen molar-refractivity contribution in [2.75, 3.05) is 0 Å². The second kappa shape index (κ2) is 7.20. The molecule has 144 valence electrons. The van der Waals surface area contributed by atoms with Crippen LogP contribution in [0.4, 0.5) is 0 Å². The van der Waals surface area contributed by atoms with Crippen LogP contribution in [0.3, 0.4) is 0 Å². The van der Waals surface area contributed by atoms with Gasteiger partial charge in [-0.1, -0.05) is 0 Å². The Labute approximate surface area is 167 Å². The van der Waals surface area contributed by atoms with E-state index in [1.807, 2.05) is 66.5 Å². The number of thiazole rings is 1. The molecule has 0 spiro atoms. The summed E-state index contributed by atoms with van der Waals surface area (Å²) in [5, 5.41) is 4.50. The van der Waals surface area contributed by atoms with Crippen LogP contribution in [0, 0.1) is 13.8 Å². The number of rotatable bonds is 5. The van der Waals surface area contributed by atoms with E-state index in [9.17, 15) is 4.79 Å². The highest BCUT2D eigenvalue weighted by Gasteiger charge is 2.22. The second-order valence-corrected chi connectivity index (χ2v) is 7.81. The molecule has 0 saturated heterocycles. The number of aryl methyl sites for hydroxylation is 3. The van der Waals surface area contributed by atoms with Crippen molar-refractivity contribution < 1.29 is 4.79 Å². The molecule has 0 fully saturated rings. The van der Waals surface area contributed by atoms with E-state index >= 15 is 0 Å². The molecule has 0 atom stereocenters. The summed E-state index contributed by atoms with van der Waals surface area (Å²) in [5.74, 6) is 0.812. The quantitative estimate of drug-likeness (QED) is 0.521. The molecule has 1 aromatic carbocycles. The highest BCUT2D eigenvalue weighted by Crippen LogP contribution is 2.22. The van der Waals surface area contributed by atoms with Crippen LogP contribution in [-0.2, 0) is 27.2 Å². The summed E-state index contributed by atoms with van der Waals surface area (Å²) in [4.78, 5) is 24.0. The number of fused-ring (bicyclic) bond motifs is 1. The number of carbonyl (C=O) groups excluding carboxylic acids is 1. The van der Waals surface area contributed by atoms with Crippen LogP contribution in [0.15, 0.2) is 36.1 Å². The number of nitrogens with zero attached hydrogens (tertiary/aromatic N) is 6. The lowest BCUT2D eigenvalue weighted by Gasteiger charge is -2.23. The first kappa shape index (κ1) is 18.4. The summed E-state index contributed by atoms with van der Waals surface area (Å²) in [7, 11) is 3.86. The largest absolute Gasteiger partial charge is 0.337 e. The van der Waals surface area contributed by atoms with E-state index in [2.05, 4.69) is 15.1 Å². The van der Waals surface area contributed by atoms with Crippen molar-refractivity contribution in [1.29, 1.82) is 0 Å². The molecule has 3 heterocycles. The summed E-state index contributed by atoms with van der Waals surface area (Å²) in [6, 6.07) is 5.67. The van der Waals surface area contributed by atoms with Crippen molar-refractivity contribution in [2.45, 2.75) is 26.9 Å². The predicted octanol–water partition coefficient (Wildman–Crippen LogP) is 3.22. The number of imidazole rings is 1. The fourth-order valence-corrected chi connectivity index (χ4v) is 4.04. The zero-order chi connectivity index (χ0) is 19.8. The van der Waals surface area contributed by atoms with Crippen molar-refractivity contribution in [2.24, 2.45) is 14.1 Å². The molecule has 0 aliphatic carbocycles. The third-order valence-electron chi connectivity index (χ3n) is 5.13. The Balaban J connectivity index is 1.70. The summed E-state index contributed by atoms with van der Waals surface area (Å²) in [6.07, 6.45) is 3.64. The monoisotopic (exact) mass is 394 g/mol. The van der Waals surface area contributed by atoms with Gasteiger partial charge in [0.05, 0.1) is 34.5 Å². The van der Waals surface area contributed by atoms with Crippen LogP contribution < -0.4 is 0 Å². The topological polar surface area (TPSA) is 68.8 Å². The Morgan fingerprint density at radius 1 is 1.18 bits per heavy atom. The molecule has 0 N–H and O–H groups in total. The van der Waals surface area contributed by atoms with E-state index in [-0.39, 0.29) is 5.91 Å². The average Bonchev–Trinajstić information content (AvgIpc) is 3.36.